The molecule has 1 aromatic carbocycles. The number of thiazole rings is 1. The molecule has 0 saturated carbocycles. The average Bonchev–Trinajstić information content (AvgIpc) is 3.05. The molecular formula is C21H27ClN2O4S. The Morgan fingerprint density at radius 2 is 2.21 bits per heavy atom. The van der Waals surface area contributed by atoms with Crippen molar-refractivity contribution >= 4 is 29.0 Å². The first-order valence-corrected chi connectivity index (χ1v) is 10.9. The number of ether oxygens (including phenoxy) is 3. The van der Waals surface area contributed by atoms with Crippen molar-refractivity contribution in [3.05, 3.63) is 44.9 Å². The lowest BCUT2D eigenvalue weighted by Crippen LogP contribution is -2.48. The highest BCUT2D eigenvalue weighted by atomic mass is 35.5. The minimum absolute atomic E-state index is 0.0999. The second kappa shape index (κ2) is 9.32. The molecule has 1 aromatic heterocycles. The lowest BCUT2D eigenvalue weighted by atomic mass is 10.1. The zero-order chi connectivity index (χ0) is 21.0. The highest BCUT2D eigenvalue weighted by Gasteiger charge is 2.28. The van der Waals surface area contributed by atoms with Crippen LogP contribution >= 0.6 is 22.9 Å². The van der Waals surface area contributed by atoms with Crippen LogP contribution in [0.4, 0.5) is 4.79 Å². The summed E-state index contributed by atoms with van der Waals surface area (Å²) in [5.41, 5.74) is 1.42. The average molecular weight is 439 g/mol. The van der Waals surface area contributed by atoms with Gasteiger partial charge in [0.1, 0.15) is 18.0 Å². The first-order chi connectivity index (χ1) is 13.7. The molecule has 2 aromatic rings. The van der Waals surface area contributed by atoms with E-state index in [1.807, 2.05) is 51.3 Å². The Morgan fingerprint density at radius 1 is 1.41 bits per heavy atom. The van der Waals surface area contributed by atoms with Gasteiger partial charge in [0.15, 0.2) is 0 Å². The SMILES string of the molecule is Cc1nc(COc2ccc(CC3CN(C(=O)OC(C)(C)C)CCO3)cc2Cl)cs1. The van der Waals surface area contributed by atoms with Gasteiger partial charge >= 0.3 is 6.09 Å². The summed E-state index contributed by atoms with van der Waals surface area (Å²) in [7, 11) is 0. The zero-order valence-corrected chi connectivity index (χ0v) is 18.8. The molecule has 1 saturated heterocycles. The van der Waals surface area contributed by atoms with Gasteiger partial charge in [-0.05, 0) is 45.4 Å². The van der Waals surface area contributed by atoms with Gasteiger partial charge in [-0.1, -0.05) is 17.7 Å². The van der Waals surface area contributed by atoms with Crippen LogP contribution in [0.2, 0.25) is 5.02 Å². The van der Waals surface area contributed by atoms with E-state index >= 15 is 0 Å². The number of carbonyl (C=O) groups excluding carboxylic acids is 1. The summed E-state index contributed by atoms with van der Waals surface area (Å²) in [6.45, 7) is 9.47. The van der Waals surface area contributed by atoms with E-state index in [1.165, 1.54) is 0 Å². The van der Waals surface area contributed by atoms with Gasteiger partial charge in [0.25, 0.3) is 0 Å². The van der Waals surface area contributed by atoms with Gasteiger partial charge in [0.05, 0.1) is 35.0 Å². The van der Waals surface area contributed by atoms with E-state index in [0.717, 1.165) is 16.3 Å². The highest BCUT2D eigenvalue weighted by molar-refractivity contribution is 7.09. The fourth-order valence-corrected chi connectivity index (χ4v) is 3.87. The smallest absolute Gasteiger partial charge is 0.410 e. The van der Waals surface area contributed by atoms with Crippen LogP contribution in [0.5, 0.6) is 5.75 Å². The van der Waals surface area contributed by atoms with Gasteiger partial charge in [-0.3, -0.25) is 0 Å². The third-order valence-corrected chi connectivity index (χ3v) is 5.41. The minimum atomic E-state index is -0.508. The number of aromatic nitrogens is 1. The Morgan fingerprint density at radius 3 is 2.86 bits per heavy atom. The Kier molecular flexibility index (Phi) is 7.03. The standard InChI is InChI=1S/C21H27ClN2O4S/c1-14-23-16(13-29-14)12-27-19-6-5-15(10-18(19)22)9-17-11-24(7-8-26-17)20(25)28-21(2,3)4/h5-6,10,13,17H,7-9,11-12H2,1-4H3. The molecule has 0 aliphatic carbocycles. The number of hydrogen-bond donors (Lipinski definition) is 0. The van der Waals surface area contributed by atoms with Gasteiger partial charge in [0, 0.05) is 18.3 Å². The molecule has 3 rings (SSSR count). The maximum absolute atomic E-state index is 12.3. The molecular weight excluding hydrogens is 412 g/mol. The number of halogens is 1. The molecule has 8 heteroatoms. The van der Waals surface area contributed by atoms with Crippen molar-refractivity contribution in [2.24, 2.45) is 0 Å². The molecule has 2 heterocycles. The Bertz CT molecular complexity index is 849. The molecule has 1 atom stereocenters. The van der Waals surface area contributed by atoms with Gasteiger partial charge in [0.2, 0.25) is 0 Å². The molecule has 1 aliphatic rings. The number of aryl methyl sites for hydroxylation is 1. The van der Waals surface area contributed by atoms with Crippen molar-refractivity contribution < 1.29 is 19.0 Å². The molecule has 0 bridgehead atoms. The Hall–Kier alpha value is -1.83. The fourth-order valence-electron chi connectivity index (χ4n) is 3.01. The largest absolute Gasteiger partial charge is 0.486 e. The minimum Gasteiger partial charge on any atom is -0.486 e. The van der Waals surface area contributed by atoms with Gasteiger partial charge in [-0.15, -0.1) is 11.3 Å². The van der Waals surface area contributed by atoms with Crippen LogP contribution in [0.15, 0.2) is 23.6 Å². The number of nitrogens with zero attached hydrogens (tertiary/aromatic N) is 2. The van der Waals surface area contributed by atoms with Crippen LogP contribution in [-0.2, 0) is 22.5 Å². The van der Waals surface area contributed by atoms with E-state index in [9.17, 15) is 4.79 Å². The molecule has 6 nitrogen and oxygen atoms in total. The number of amides is 1. The number of rotatable bonds is 5. The zero-order valence-electron chi connectivity index (χ0n) is 17.2. The summed E-state index contributed by atoms with van der Waals surface area (Å²) in [6.07, 6.45) is 0.256. The van der Waals surface area contributed by atoms with E-state index < -0.39 is 5.60 Å². The number of benzene rings is 1. The van der Waals surface area contributed by atoms with Crippen molar-refractivity contribution in [1.29, 1.82) is 0 Å². The molecule has 158 valence electrons. The summed E-state index contributed by atoms with van der Waals surface area (Å²) in [5, 5.41) is 3.54. The fraction of sp³-hybridized carbons (Fsp3) is 0.524. The molecule has 0 N–H and O–H groups in total. The molecule has 29 heavy (non-hydrogen) atoms. The second-order valence-corrected chi connectivity index (χ2v) is 9.50. The number of carbonyl (C=O) groups is 1. The summed E-state index contributed by atoms with van der Waals surface area (Å²) >= 11 is 8.00. The number of morpholine rings is 1. The third kappa shape index (κ3) is 6.59. The van der Waals surface area contributed by atoms with E-state index in [1.54, 1.807) is 16.2 Å². The molecule has 1 unspecified atom stereocenters. The quantitative estimate of drug-likeness (QED) is 0.666. The maximum atomic E-state index is 12.3. The van der Waals surface area contributed by atoms with Crippen LogP contribution < -0.4 is 4.74 Å². The van der Waals surface area contributed by atoms with E-state index in [0.29, 0.717) is 43.5 Å². The van der Waals surface area contributed by atoms with Gasteiger partial charge in [-0.25, -0.2) is 9.78 Å². The van der Waals surface area contributed by atoms with Crippen molar-refractivity contribution in [3.63, 3.8) is 0 Å². The summed E-state index contributed by atoms with van der Waals surface area (Å²) in [5.74, 6) is 0.626. The predicted octanol–water partition coefficient (Wildman–Crippen LogP) is 4.86. The third-order valence-electron chi connectivity index (χ3n) is 4.29. The van der Waals surface area contributed by atoms with Crippen molar-refractivity contribution in [3.8, 4) is 5.75 Å². The highest BCUT2D eigenvalue weighted by Crippen LogP contribution is 2.27. The monoisotopic (exact) mass is 438 g/mol. The van der Waals surface area contributed by atoms with E-state index in [4.69, 9.17) is 25.8 Å². The van der Waals surface area contributed by atoms with E-state index in [2.05, 4.69) is 4.98 Å². The van der Waals surface area contributed by atoms with Gasteiger partial charge < -0.3 is 19.1 Å². The van der Waals surface area contributed by atoms with Gasteiger partial charge in [-0.2, -0.15) is 0 Å². The van der Waals surface area contributed by atoms with Crippen LogP contribution in [0.25, 0.3) is 0 Å². The van der Waals surface area contributed by atoms with Crippen LogP contribution in [0.3, 0.4) is 0 Å². The number of hydrogen-bond acceptors (Lipinski definition) is 6. The molecule has 1 fully saturated rings. The normalized spacial score (nSPS) is 17.3. The Labute approximate surface area is 180 Å². The molecule has 1 amide bonds. The van der Waals surface area contributed by atoms with Crippen molar-refractivity contribution in [2.45, 2.75) is 52.4 Å². The maximum Gasteiger partial charge on any atom is 0.410 e. The summed E-state index contributed by atoms with van der Waals surface area (Å²) in [4.78, 5) is 18.4. The van der Waals surface area contributed by atoms with Crippen LogP contribution in [0.1, 0.15) is 37.0 Å². The lowest BCUT2D eigenvalue weighted by molar-refractivity contribution is -0.0415. The first kappa shape index (κ1) is 21.9. The first-order valence-electron chi connectivity index (χ1n) is 9.61. The predicted molar refractivity (Wildman–Crippen MR) is 114 cm³/mol. The van der Waals surface area contributed by atoms with Crippen LogP contribution in [0, 0.1) is 6.92 Å². The molecule has 0 radical (unpaired) electrons. The van der Waals surface area contributed by atoms with Crippen molar-refractivity contribution in [1.82, 2.24) is 9.88 Å². The second-order valence-electron chi connectivity index (χ2n) is 8.03. The van der Waals surface area contributed by atoms with Crippen LogP contribution in [-0.4, -0.2) is 47.4 Å². The lowest BCUT2D eigenvalue weighted by Gasteiger charge is -2.34. The molecule has 1 aliphatic heterocycles. The van der Waals surface area contributed by atoms with Crippen molar-refractivity contribution in [2.75, 3.05) is 19.7 Å². The molecule has 0 spiro atoms. The topological polar surface area (TPSA) is 60.9 Å². The summed E-state index contributed by atoms with van der Waals surface area (Å²) < 4.78 is 17.1. The Balaban J connectivity index is 1.55. The summed E-state index contributed by atoms with van der Waals surface area (Å²) in [6, 6.07) is 5.73. The van der Waals surface area contributed by atoms with E-state index in [-0.39, 0.29) is 12.2 Å².